The predicted octanol–water partition coefficient (Wildman–Crippen LogP) is 1.89. The molecule has 1 aromatic carbocycles. The largest absolute Gasteiger partial charge is 0.511 e. The fourth-order valence-electron chi connectivity index (χ4n) is 2.17. The quantitative estimate of drug-likeness (QED) is 0.777. The molecular weight excluding hydrogens is 270 g/mol. The Balaban J connectivity index is 1.72. The third-order valence-corrected chi connectivity index (χ3v) is 3.27. The van der Waals surface area contributed by atoms with Crippen molar-refractivity contribution < 1.29 is 19.4 Å². The highest BCUT2D eigenvalue weighted by Gasteiger charge is 2.23. The zero-order valence-corrected chi connectivity index (χ0v) is 12.2. The Kier molecular flexibility index (Phi) is 5.78. The predicted molar refractivity (Wildman–Crippen MR) is 78.8 cm³/mol. The summed E-state index contributed by atoms with van der Waals surface area (Å²) in [6.07, 6.45) is 0. The van der Waals surface area contributed by atoms with Crippen molar-refractivity contribution in [1.82, 2.24) is 4.90 Å². The lowest BCUT2D eigenvalue weighted by molar-refractivity contribution is -0.146. The first-order chi connectivity index (χ1) is 10.2. The molecule has 0 aliphatic carbocycles. The highest BCUT2D eigenvalue weighted by atomic mass is 16.5. The molecule has 21 heavy (non-hydrogen) atoms. The van der Waals surface area contributed by atoms with Gasteiger partial charge in [-0.15, -0.1) is 0 Å². The second kappa shape index (κ2) is 7.81. The molecule has 1 aliphatic heterocycles. The first-order valence-corrected chi connectivity index (χ1v) is 7.08. The normalized spacial score (nSPS) is 15.5. The first kappa shape index (κ1) is 15.5. The maximum absolute atomic E-state index is 11.8. The average Bonchev–Trinajstić information content (AvgIpc) is 2.84. The molecule has 114 valence electrons. The van der Waals surface area contributed by atoms with Crippen LogP contribution in [0, 0.1) is 0 Å². The molecule has 0 bridgehead atoms. The highest BCUT2D eigenvalue weighted by Crippen LogP contribution is 2.15. The highest BCUT2D eigenvalue weighted by molar-refractivity contribution is 5.71. The van der Waals surface area contributed by atoms with E-state index >= 15 is 0 Å². The second-order valence-electron chi connectivity index (χ2n) is 4.98. The van der Waals surface area contributed by atoms with E-state index in [0.717, 1.165) is 11.1 Å². The third kappa shape index (κ3) is 4.88. The van der Waals surface area contributed by atoms with Gasteiger partial charge in [0.15, 0.2) is 0 Å². The number of carbonyl (C=O) groups excluding carboxylic acids is 1. The fourth-order valence-corrected chi connectivity index (χ4v) is 2.17. The smallest absolute Gasteiger partial charge is 0.320 e. The van der Waals surface area contributed by atoms with E-state index < -0.39 is 0 Å². The van der Waals surface area contributed by atoms with Gasteiger partial charge in [0.1, 0.15) is 12.4 Å². The topological polar surface area (TPSA) is 59.0 Å². The maximum atomic E-state index is 11.8. The number of esters is 1. The zero-order valence-electron chi connectivity index (χ0n) is 12.2. The molecule has 0 saturated heterocycles. The Bertz CT molecular complexity index is 498. The Morgan fingerprint density at radius 1 is 1.24 bits per heavy atom. The molecule has 1 aliphatic rings. The average molecular weight is 291 g/mol. The molecule has 5 nitrogen and oxygen atoms in total. The summed E-state index contributed by atoms with van der Waals surface area (Å²) in [7, 11) is 0. The van der Waals surface area contributed by atoms with E-state index in [9.17, 15) is 9.90 Å². The number of nitrogens with zero attached hydrogens (tertiary/aromatic N) is 1. The van der Waals surface area contributed by atoms with Crippen LogP contribution in [-0.4, -0.2) is 48.8 Å². The van der Waals surface area contributed by atoms with Gasteiger partial charge in [-0.3, -0.25) is 9.69 Å². The molecule has 1 heterocycles. The summed E-state index contributed by atoms with van der Waals surface area (Å²) in [5.74, 6) is 0.0172. The van der Waals surface area contributed by atoms with Crippen LogP contribution in [0.15, 0.2) is 41.7 Å². The standard InChI is InChI=1S/C16H21NO4/c1-2-20-12-14-8-17(9-15(14)18)10-16(19)21-11-13-6-4-3-5-7-13/h3-7,18H,2,8-12H2,1H3. The number of rotatable bonds is 7. The van der Waals surface area contributed by atoms with Crippen LogP contribution < -0.4 is 0 Å². The van der Waals surface area contributed by atoms with Gasteiger partial charge in [0.2, 0.25) is 0 Å². The Morgan fingerprint density at radius 2 is 2.00 bits per heavy atom. The van der Waals surface area contributed by atoms with Crippen LogP contribution in [0.4, 0.5) is 0 Å². The van der Waals surface area contributed by atoms with Crippen molar-refractivity contribution in [3.05, 3.63) is 47.2 Å². The van der Waals surface area contributed by atoms with Gasteiger partial charge in [-0.2, -0.15) is 0 Å². The van der Waals surface area contributed by atoms with Crippen molar-refractivity contribution in [2.75, 3.05) is 32.8 Å². The number of hydrogen-bond donors (Lipinski definition) is 1. The summed E-state index contributed by atoms with van der Waals surface area (Å²) in [6.45, 7) is 4.30. The lowest BCUT2D eigenvalue weighted by atomic mass is 10.2. The number of benzene rings is 1. The van der Waals surface area contributed by atoms with Gasteiger partial charge in [0.25, 0.3) is 0 Å². The molecule has 2 rings (SSSR count). The van der Waals surface area contributed by atoms with Crippen molar-refractivity contribution in [2.45, 2.75) is 13.5 Å². The fraction of sp³-hybridized carbons (Fsp3) is 0.438. The summed E-state index contributed by atoms with van der Waals surface area (Å²) in [5.41, 5.74) is 1.80. The molecule has 0 radical (unpaired) electrons. The van der Waals surface area contributed by atoms with E-state index in [0.29, 0.717) is 32.1 Å². The summed E-state index contributed by atoms with van der Waals surface area (Å²) < 4.78 is 10.5. The van der Waals surface area contributed by atoms with Gasteiger partial charge in [0, 0.05) is 18.7 Å². The number of ether oxygens (including phenoxy) is 2. The van der Waals surface area contributed by atoms with Gasteiger partial charge in [-0.05, 0) is 12.5 Å². The number of hydrogen-bond acceptors (Lipinski definition) is 5. The molecular formula is C16H21NO4. The van der Waals surface area contributed by atoms with Crippen molar-refractivity contribution in [1.29, 1.82) is 0 Å². The van der Waals surface area contributed by atoms with Gasteiger partial charge in [0.05, 0.1) is 19.7 Å². The van der Waals surface area contributed by atoms with Crippen LogP contribution in [0.25, 0.3) is 0 Å². The van der Waals surface area contributed by atoms with Crippen LogP contribution in [-0.2, 0) is 20.9 Å². The van der Waals surface area contributed by atoms with Crippen molar-refractivity contribution >= 4 is 5.97 Å². The van der Waals surface area contributed by atoms with Crippen LogP contribution in [0.2, 0.25) is 0 Å². The number of carbonyl (C=O) groups is 1. The van der Waals surface area contributed by atoms with E-state index in [1.807, 2.05) is 42.2 Å². The zero-order chi connectivity index (χ0) is 15.1. The van der Waals surface area contributed by atoms with E-state index in [2.05, 4.69) is 0 Å². The third-order valence-electron chi connectivity index (χ3n) is 3.27. The Labute approximate surface area is 124 Å². The van der Waals surface area contributed by atoms with E-state index in [4.69, 9.17) is 9.47 Å². The number of aliphatic hydroxyl groups is 1. The van der Waals surface area contributed by atoms with Gasteiger partial charge in [-0.1, -0.05) is 30.3 Å². The molecule has 0 aromatic heterocycles. The van der Waals surface area contributed by atoms with Crippen LogP contribution in [0.3, 0.4) is 0 Å². The molecule has 0 fully saturated rings. The van der Waals surface area contributed by atoms with E-state index in [-0.39, 0.29) is 19.1 Å². The maximum Gasteiger partial charge on any atom is 0.320 e. The summed E-state index contributed by atoms with van der Waals surface area (Å²) in [4.78, 5) is 13.6. The molecule has 1 aromatic rings. The van der Waals surface area contributed by atoms with Crippen molar-refractivity contribution in [3.8, 4) is 0 Å². The van der Waals surface area contributed by atoms with Crippen molar-refractivity contribution in [2.24, 2.45) is 0 Å². The Morgan fingerprint density at radius 3 is 2.71 bits per heavy atom. The molecule has 0 amide bonds. The van der Waals surface area contributed by atoms with E-state index in [1.54, 1.807) is 0 Å². The SMILES string of the molecule is CCOCC1=C(O)CN(CC(=O)OCc2ccccc2)C1. The second-order valence-corrected chi connectivity index (χ2v) is 4.98. The monoisotopic (exact) mass is 291 g/mol. The molecule has 5 heteroatoms. The van der Waals surface area contributed by atoms with Gasteiger partial charge >= 0.3 is 5.97 Å². The summed E-state index contributed by atoms with van der Waals surface area (Å²) >= 11 is 0. The molecule has 0 atom stereocenters. The molecule has 1 N–H and O–H groups in total. The number of aliphatic hydroxyl groups excluding tert-OH is 1. The minimum absolute atomic E-state index is 0.173. The van der Waals surface area contributed by atoms with E-state index in [1.165, 1.54) is 0 Å². The molecule has 0 spiro atoms. The van der Waals surface area contributed by atoms with Crippen LogP contribution >= 0.6 is 0 Å². The summed E-state index contributed by atoms with van der Waals surface area (Å²) in [6, 6.07) is 9.56. The van der Waals surface area contributed by atoms with Crippen LogP contribution in [0.1, 0.15) is 12.5 Å². The Hall–Kier alpha value is -1.85. The van der Waals surface area contributed by atoms with Crippen LogP contribution in [0.5, 0.6) is 0 Å². The van der Waals surface area contributed by atoms with Gasteiger partial charge in [-0.25, -0.2) is 0 Å². The molecule has 0 saturated carbocycles. The lowest BCUT2D eigenvalue weighted by Crippen LogP contribution is -2.30. The first-order valence-electron chi connectivity index (χ1n) is 7.08. The molecule has 0 unspecified atom stereocenters. The minimum Gasteiger partial charge on any atom is -0.511 e. The lowest BCUT2D eigenvalue weighted by Gasteiger charge is -2.14. The van der Waals surface area contributed by atoms with Crippen molar-refractivity contribution in [3.63, 3.8) is 0 Å². The minimum atomic E-state index is -0.288. The van der Waals surface area contributed by atoms with Gasteiger partial charge < -0.3 is 14.6 Å². The summed E-state index contributed by atoms with van der Waals surface area (Å²) in [5, 5.41) is 9.81.